The van der Waals surface area contributed by atoms with Gasteiger partial charge in [-0.1, -0.05) is 30.3 Å². The molecule has 0 aliphatic rings. The Hall–Kier alpha value is -2.73. The van der Waals surface area contributed by atoms with E-state index >= 15 is 0 Å². The Morgan fingerprint density at radius 1 is 1.12 bits per heavy atom. The van der Waals surface area contributed by atoms with Crippen LogP contribution in [0.4, 0.5) is 10.5 Å². The van der Waals surface area contributed by atoms with E-state index in [9.17, 15) is 4.79 Å². The summed E-state index contributed by atoms with van der Waals surface area (Å²) in [6.45, 7) is 4.30. The zero-order valence-electron chi connectivity index (χ0n) is 14.5. The van der Waals surface area contributed by atoms with Crippen molar-refractivity contribution in [1.29, 1.82) is 5.41 Å². The van der Waals surface area contributed by atoms with E-state index < -0.39 is 6.03 Å². The Morgan fingerprint density at radius 2 is 1.72 bits per heavy atom. The van der Waals surface area contributed by atoms with Gasteiger partial charge in [-0.2, -0.15) is 0 Å². The van der Waals surface area contributed by atoms with E-state index in [0.717, 1.165) is 22.4 Å². The molecule has 0 spiro atoms. The number of aryl methyl sites for hydroxylation is 2. The van der Waals surface area contributed by atoms with Crippen LogP contribution in [0.1, 0.15) is 16.7 Å². The van der Waals surface area contributed by atoms with Crippen molar-refractivity contribution in [3.63, 3.8) is 0 Å². The molecule has 0 saturated carbocycles. The van der Waals surface area contributed by atoms with Gasteiger partial charge in [0.1, 0.15) is 12.4 Å². The summed E-state index contributed by atoms with van der Waals surface area (Å²) in [4.78, 5) is 11.8. The summed E-state index contributed by atoms with van der Waals surface area (Å²) in [6, 6.07) is 13.3. The lowest BCUT2D eigenvalue weighted by Crippen LogP contribution is -2.40. The molecule has 0 unspecified atom stereocenters. The van der Waals surface area contributed by atoms with E-state index in [1.54, 1.807) is 7.05 Å². The third kappa shape index (κ3) is 6.00. The average molecular weight is 363 g/mol. The van der Waals surface area contributed by atoms with Crippen molar-refractivity contribution in [2.75, 3.05) is 12.4 Å². The molecule has 2 aromatic carbocycles. The number of ether oxygens (including phenoxy) is 1. The van der Waals surface area contributed by atoms with Crippen LogP contribution in [0.25, 0.3) is 0 Å². The van der Waals surface area contributed by atoms with Crippen molar-refractivity contribution in [2.24, 2.45) is 0 Å². The van der Waals surface area contributed by atoms with Gasteiger partial charge < -0.3 is 15.4 Å². The molecule has 0 saturated heterocycles. The highest BCUT2D eigenvalue weighted by atomic mass is 35.5. The molecule has 2 rings (SSSR count). The van der Waals surface area contributed by atoms with Crippen molar-refractivity contribution >= 4 is 30.1 Å². The number of nitrogens with one attached hydrogen (secondary N) is 4. The number of hydrogen-bond acceptors (Lipinski definition) is 3. The summed E-state index contributed by atoms with van der Waals surface area (Å²) in [7, 11) is 1.57. The van der Waals surface area contributed by atoms with Gasteiger partial charge in [-0.05, 0) is 42.7 Å². The number of anilines is 1. The molecule has 25 heavy (non-hydrogen) atoms. The third-order valence-electron chi connectivity index (χ3n) is 3.48. The third-order valence-corrected chi connectivity index (χ3v) is 3.48. The van der Waals surface area contributed by atoms with Gasteiger partial charge in [-0.3, -0.25) is 10.7 Å². The molecule has 6 nitrogen and oxygen atoms in total. The maximum absolute atomic E-state index is 11.8. The standard InChI is InChI=1S/C18H22N4O2.ClH/c1-12-9-15(24-11-14-7-5-4-6-8-14)10-13(2)16(12)21-18(23)22-17(19)20-3;/h4-10H,11H2,1-3H3,(H4,19,20,21,22,23);1H. The second kappa shape index (κ2) is 9.54. The summed E-state index contributed by atoms with van der Waals surface area (Å²) in [6.07, 6.45) is 0. The van der Waals surface area contributed by atoms with E-state index in [-0.39, 0.29) is 18.4 Å². The average Bonchev–Trinajstić information content (AvgIpc) is 2.57. The molecule has 134 valence electrons. The highest BCUT2D eigenvalue weighted by molar-refractivity contribution is 6.02. The SMILES string of the molecule is CNC(=N)NC(=O)Nc1c(C)cc(OCc2ccccc2)cc1C.Cl. The highest BCUT2D eigenvalue weighted by Gasteiger charge is 2.10. The minimum Gasteiger partial charge on any atom is -0.489 e. The van der Waals surface area contributed by atoms with Crippen LogP contribution in [0, 0.1) is 19.3 Å². The maximum Gasteiger partial charge on any atom is 0.326 e. The molecule has 0 aliphatic heterocycles. The quantitative estimate of drug-likeness (QED) is 0.495. The minimum atomic E-state index is -0.460. The fourth-order valence-corrected chi connectivity index (χ4v) is 2.27. The maximum atomic E-state index is 11.8. The zero-order chi connectivity index (χ0) is 17.5. The monoisotopic (exact) mass is 362 g/mol. The smallest absolute Gasteiger partial charge is 0.326 e. The predicted octanol–water partition coefficient (Wildman–Crippen LogP) is 3.58. The summed E-state index contributed by atoms with van der Waals surface area (Å²) >= 11 is 0. The van der Waals surface area contributed by atoms with Crippen LogP contribution in [-0.2, 0) is 6.61 Å². The molecule has 0 atom stereocenters. The molecule has 0 aromatic heterocycles. The van der Waals surface area contributed by atoms with Gasteiger partial charge in [0.2, 0.25) is 0 Å². The number of carbonyl (C=O) groups is 1. The van der Waals surface area contributed by atoms with Crippen LogP contribution in [0.2, 0.25) is 0 Å². The van der Waals surface area contributed by atoms with Crippen molar-refractivity contribution in [3.05, 3.63) is 59.2 Å². The minimum absolute atomic E-state index is 0. The Balaban J connectivity index is 0.00000312. The van der Waals surface area contributed by atoms with Crippen LogP contribution in [0.5, 0.6) is 5.75 Å². The lowest BCUT2D eigenvalue weighted by molar-refractivity contribution is 0.256. The molecule has 7 heteroatoms. The number of benzene rings is 2. The van der Waals surface area contributed by atoms with Crippen LogP contribution in [-0.4, -0.2) is 19.0 Å². The fraction of sp³-hybridized carbons (Fsp3) is 0.222. The molecular formula is C18H23ClN4O2. The van der Waals surface area contributed by atoms with Gasteiger partial charge in [-0.25, -0.2) is 4.79 Å². The number of amides is 2. The molecule has 0 heterocycles. The zero-order valence-corrected chi connectivity index (χ0v) is 15.3. The first-order valence-corrected chi connectivity index (χ1v) is 7.62. The topological polar surface area (TPSA) is 86.2 Å². The Bertz CT molecular complexity index is 712. The molecule has 0 radical (unpaired) electrons. The number of halogens is 1. The first kappa shape index (κ1) is 20.3. The van der Waals surface area contributed by atoms with Crippen LogP contribution in [0.3, 0.4) is 0 Å². The molecule has 2 amide bonds. The predicted molar refractivity (Wildman–Crippen MR) is 103 cm³/mol. The van der Waals surface area contributed by atoms with E-state index in [1.807, 2.05) is 56.3 Å². The van der Waals surface area contributed by atoms with E-state index in [4.69, 9.17) is 10.1 Å². The Morgan fingerprint density at radius 3 is 2.28 bits per heavy atom. The highest BCUT2D eigenvalue weighted by Crippen LogP contribution is 2.26. The Labute approximate surface area is 153 Å². The first-order valence-electron chi connectivity index (χ1n) is 7.62. The van der Waals surface area contributed by atoms with Crippen molar-refractivity contribution in [2.45, 2.75) is 20.5 Å². The van der Waals surface area contributed by atoms with Gasteiger partial charge in [0.05, 0.1) is 0 Å². The molecule has 0 fully saturated rings. The van der Waals surface area contributed by atoms with Crippen molar-refractivity contribution < 1.29 is 9.53 Å². The lowest BCUT2D eigenvalue weighted by atomic mass is 10.1. The second-order valence-electron chi connectivity index (χ2n) is 5.41. The molecule has 2 aromatic rings. The van der Waals surface area contributed by atoms with Crippen molar-refractivity contribution in [3.8, 4) is 5.75 Å². The molecular weight excluding hydrogens is 340 g/mol. The number of hydrogen-bond donors (Lipinski definition) is 4. The van der Waals surface area contributed by atoms with Crippen LogP contribution < -0.4 is 20.7 Å². The summed E-state index contributed by atoms with van der Waals surface area (Å²) in [5.74, 6) is 0.688. The van der Waals surface area contributed by atoms with Gasteiger partial charge >= 0.3 is 6.03 Å². The first-order chi connectivity index (χ1) is 11.5. The van der Waals surface area contributed by atoms with Gasteiger partial charge in [-0.15, -0.1) is 12.4 Å². The van der Waals surface area contributed by atoms with Crippen LogP contribution >= 0.6 is 12.4 Å². The largest absolute Gasteiger partial charge is 0.489 e. The number of urea groups is 1. The molecule has 0 aliphatic carbocycles. The number of carbonyl (C=O) groups excluding carboxylic acids is 1. The summed E-state index contributed by atoms with van der Waals surface area (Å²) in [5, 5.41) is 15.1. The van der Waals surface area contributed by atoms with Gasteiger partial charge in [0, 0.05) is 12.7 Å². The summed E-state index contributed by atoms with van der Waals surface area (Å²) in [5.41, 5.74) is 3.59. The second-order valence-corrected chi connectivity index (χ2v) is 5.41. The normalized spacial score (nSPS) is 9.56. The number of rotatable bonds is 4. The lowest BCUT2D eigenvalue weighted by Gasteiger charge is -2.15. The van der Waals surface area contributed by atoms with Gasteiger partial charge in [0.15, 0.2) is 5.96 Å². The number of guanidine groups is 1. The van der Waals surface area contributed by atoms with Crippen LogP contribution in [0.15, 0.2) is 42.5 Å². The van der Waals surface area contributed by atoms with Gasteiger partial charge in [0.25, 0.3) is 0 Å². The van der Waals surface area contributed by atoms with E-state index in [2.05, 4.69) is 16.0 Å². The van der Waals surface area contributed by atoms with E-state index in [1.165, 1.54) is 0 Å². The molecule has 0 bridgehead atoms. The van der Waals surface area contributed by atoms with E-state index in [0.29, 0.717) is 12.3 Å². The fourth-order valence-electron chi connectivity index (χ4n) is 2.27. The summed E-state index contributed by atoms with van der Waals surface area (Å²) < 4.78 is 5.82. The Kier molecular flexibility index (Phi) is 7.75. The molecule has 4 N–H and O–H groups in total. The van der Waals surface area contributed by atoms with Crippen molar-refractivity contribution in [1.82, 2.24) is 10.6 Å².